The van der Waals surface area contributed by atoms with Crippen molar-refractivity contribution in [3.8, 4) is 5.88 Å². The fraction of sp³-hybridized carbons (Fsp3) is 0.467. The number of quaternary nitrogens is 2. The minimum absolute atomic E-state index is 0.00749. The topological polar surface area (TPSA) is 72.4 Å². The van der Waals surface area contributed by atoms with Gasteiger partial charge in [-0.05, 0) is 19.1 Å². The number of aryl methyl sites for hydroxylation is 1. The van der Waals surface area contributed by atoms with Crippen LogP contribution in [0.15, 0.2) is 22.8 Å². The lowest BCUT2D eigenvalue weighted by Gasteiger charge is -2.31. The van der Waals surface area contributed by atoms with Crippen molar-refractivity contribution >= 4 is 16.3 Å². The molecule has 7 nitrogen and oxygen atoms in total. The Balaban J connectivity index is 1.77. The molecule has 1 aliphatic rings. The number of furan rings is 1. The summed E-state index contributed by atoms with van der Waals surface area (Å²) in [7, 11) is 2.22. The van der Waals surface area contributed by atoms with Crippen LogP contribution in [0.25, 0.3) is 4.96 Å². The molecule has 3 aromatic heterocycles. The normalized spacial score (nSPS) is 23.4. The number of thiazole rings is 1. The van der Waals surface area contributed by atoms with Gasteiger partial charge in [-0.2, -0.15) is 4.52 Å². The van der Waals surface area contributed by atoms with Gasteiger partial charge in [0, 0.05) is 0 Å². The van der Waals surface area contributed by atoms with E-state index in [4.69, 9.17) is 4.42 Å². The average molecular weight is 335 g/mol. The fourth-order valence-corrected chi connectivity index (χ4v) is 4.46. The van der Waals surface area contributed by atoms with E-state index in [1.54, 1.807) is 11.2 Å². The molecule has 0 amide bonds. The molecule has 0 radical (unpaired) electrons. The number of fused-ring (bicyclic) bond motifs is 1. The molecule has 1 fully saturated rings. The highest BCUT2D eigenvalue weighted by Gasteiger charge is 2.37. The van der Waals surface area contributed by atoms with Crippen molar-refractivity contribution in [1.29, 1.82) is 0 Å². The third kappa shape index (κ3) is 2.52. The summed E-state index contributed by atoms with van der Waals surface area (Å²) in [5, 5.41) is 14.9. The predicted octanol–water partition coefficient (Wildman–Crippen LogP) is -1.10. The Morgan fingerprint density at radius 3 is 2.78 bits per heavy atom. The minimum Gasteiger partial charge on any atom is -0.492 e. The first-order valence-corrected chi connectivity index (χ1v) is 8.69. The van der Waals surface area contributed by atoms with Crippen molar-refractivity contribution in [2.24, 2.45) is 0 Å². The number of hydrogen-bond donors (Lipinski definition) is 3. The average Bonchev–Trinajstić information content (AvgIpc) is 3.22. The molecule has 122 valence electrons. The largest absolute Gasteiger partial charge is 0.492 e. The third-order valence-electron chi connectivity index (χ3n) is 4.55. The third-order valence-corrected chi connectivity index (χ3v) is 5.63. The molecule has 1 aliphatic heterocycles. The molecule has 3 N–H and O–H groups in total. The number of piperazine rings is 1. The number of nitrogens with zero attached hydrogens (tertiary/aromatic N) is 3. The number of nitrogens with one attached hydrogen (secondary N) is 2. The Bertz CT molecular complexity index is 801. The standard InChI is InChI=1S/C15H19N5O2S/c1-10-16-15-20(17-10)14(21)13(23-15)12(11-4-3-9-22-11)19-7-5-18(2)6-8-19/h3-4,9,12,21H,5-8H2,1-2H3/p+2/t12-/m1/s1. The Morgan fingerprint density at radius 1 is 1.35 bits per heavy atom. The monoisotopic (exact) mass is 335 g/mol. The summed E-state index contributed by atoms with van der Waals surface area (Å²) >= 11 is 1.50. The Labute approximate surface area is 137 Å². The summed E-state index contributed by atoms with van der Waals surface area (Å²) in [6, 6.07) is 3.89. The molecule has 0 bridgehead atoms. The van der Waals surface area contributed by atoms with Crippen LogP contribution >= 0.6 is 11.3 Å². The smallest absolute Gasteiger partial charge is 0.235 e. The lowest BCUT2D eigenvalue weighted by atomic mass is 10.1. The zero-order valence-corrected chi connectivity index (χ0v) is 14.1. The molecule has 0 saturated carbocycles. The first-order chi connectivity index (χ1) is 11.1. The lowest BCUT2D eigenvalue weighted by Crippen LogP contribution is -3.27. The van der Waals surface area contributed by atoms with Crippen LogP contribution in [0.4, 0.5) is 0 Å². The van der Waals surface area contributed by atoms with E-state index < -0.39 is 0 Å². The van der Waals surface area contributed by atoms with E-state index in [-0.39, 0.29) is 11.9 Å². The van der Waals surface area contributed by atoms with E-state index in [1.165, 1.54) is 20.8 Å². The van der Waals surface area contributed by atoms with Gasteiger partial charge in [0.25, 0.3) is 0 Å². The van der Waals surface area contributed by atoms with Gasteiger partial charge in [0.2, 0.25) is 10.8 Å². The summed E-state index contributed by atoms with van der Waals surface area (Å²) < 4.78 is 7.23. The maximum atomic E-state index is 10.7. The van der Waals surface area contributed by atoms with Gasteiger partial charge < -0.3 is 19.3 Å². The van der Waals surface area contributed by atoms with E-state index in [1.807, 2.05) is 19.1 Å². The van der Waals surface area contributed by atoms with Crippen molar-refractivity contribution in [3.63, 3.8) is 0 Å². The van der Waals surface area contributed by atoms with Gasteiger partial charge in [0.1, 0.15) is 36.9 Å². The molecule has 8 heteroatoms. The Kier molecular flexibility index (Phi) is 3.59. The van der Waals surface area contributed by atoms with Crippen molar-refractivity contribution in [2.45, 2.75) is 13.0 Å². The Morgan fingerprint density at radius 2 is 2.13 bits per heavy atom. The van der Waals surface area contributed by atoms with Crippen LogP contribution < -0.4 is 9.80 Å². The molecule has 3 aromatic rings. The molecule has 23 heavy (non-hydrogen) atoms. The van der Waals surface area contributed by atoms with Gasteiger partial charge in [-0.25, -0.2) is 4.98 Å². The second-order valence-corrected chi connectivity index (χ2v) is 7.22. The number of aromatic nitrogens is 3. The van der Waals surface area contributed by atoms with Crippen LogP contribution in [-0.2, 0) is 0 Å². The number of hydrogen-bond acceptors (Lipinski definition) is 5. The second kappa shape index (κ2) is 5.63. The molecule has 0 aliphatic carbocycles. The highest BCUT2D eigenvalue weighted by atomic mass is 32.1. The SMILES string of the molecule is Cc1nc2sc([C@@H](c3ccco3)[NH+]3CC[NH+](C)CC3)c(O)n2n1. The molecule has 1 saturated heterocycles. The fourth-order valence-electron chi connectivity index (χ4n) is 3.29. The minimum atomic E-state index is -0.00749. The van der Waals surface area contributed by atoms with Crippen LogP contribution in [-0.4, -0.2) is 52.9 Å². The molecule has 4 heterocycles. The molecular formula is C15H21N5O2S+2. The van der Waals surface area contributed by atoms with E-state index >= 15 is 0 Å². The van der Waals surface area contributed by atoms with Gasteiger partial charge in [-0.3, -0.25) is 0 Å². The van der Waals surface area contributed by atoms with Gasteiger partial charge >= 0.3 is 0 Å². The van der Waals surface area contributed by atoms with Crippen LogP contribution in [0.5, 0.6) is 5.88 Å². The summed E-state index contributed by atoms with van der Waals surface area (Å²) in [6.07, 6.45) is 1.70. The maximum absolute atomic E-state index is 10.7. The summed E-state index contributed by atoms with van der Waals surface area (Å²) in [4.78, 5) is 8.96. The Hall–Kier alpha value is -1.90. The van der Waals surface area contributed by atoms with Crippen molar-refractivity contribution in [3.05, 3.63) is 34.9 Å². The molecule has 1 atom stereocenters. The zero-order chi connectivity index (χ0) is 16.0. The quantitative estimate of drug-likeness (QED) is 0.568. The van der Waals surface area contributed by atoms with E-state index in [0.717, 1.165) is 41.8 Å². The van der Waals surface area contributed by atoms with Crippen LogP contribution in [0.2, 0.25) is 0 Å². The van der Waals surface area contributed by atoms with Crippen LogP contribution in [0, 0.1) is 6.92 Å². The summed E-state index contributed by atoms with van der Waals surface area (Å²) in [5.41, 5.74) is 0. The summed E-state index contributed by atoms with van der Waals surface area (Å²) in [6.45, 7) is 6.16. The number of aromatic hydroxyl groups is 1. The molecule has 4 rings (SSSR count). The lowest BCUT2D eigenvalue weighted by molar-refractivity contribution is -1.02. The number of rotatable bonds is 3. The van der Waals surface area contributed by atoms with Crippen LogP contribution in [0.1, 0.15) is 22.5 Å². The van der Waals surface area contributed by atoms with Gasteiger partial charge in [-0.1, -0.05) is 11.3 Å². The van der Waals surface area contributed by atoms with E-state index in [9.17, 15) is 5.11 Å². The van der Waals surface area contributed by atoms with E-state index in [2.05, 4.69) is 17.1 Å². The second-order valence-electron chi connectivity index (χ2n) is 6.21. The number of likely N-dealkylation sites (N-methyl/N-ethyl adjacent to an activating group) is 1. The molecule has 0 unspecified atom stereocenters. The highest BCUT2D eigenvalue weighted by molar-refractivity contribution is 7.17. The maximum Gasteiger partial charge on any atom is 0.235 e. The first kappa shape index (κ1) is 14.7. The van der Waals surface area contributed by atoms with Crippen molar-refractivity contribution in [2.75, 3.05) is 33.2 Å². The highest BCUT2D eigenvalue weighted by Crippen LogP contribution is 2.35. The van der Waals surface area contributed by atoms with E-state index in [0.29, 0.717) is 5.82 Å². The van der Waals surface area contributed by atoms with Crippen molar-refractivity contribution in [1.82, 2.24) is 14.6 Å². The van der Waals surface area contributed by atoms with Gasteiger partial charge in [-0.15, -0.1) is 5.10 Å². The first-order valence-electron chi connectivity index (χ1n) is 7.88. The molecular weight excluding hydrogens is 314 g/mol. The van der Waals surface area contributed by atoms with Gasteiger partial charge in [0.15, 0.2) is 11.8 Å². The van der Waals surface area contributed by atoms with Crippen molar-refractivity contribution < 1.29 is 19.3 Å². The molecule has 0 spiro atoms. The molecule has 0 aromatic carbocycles. The zero-order valence-electron chi connectivity index (χ0n) is 13.2. The van der Waals surface area contributed by atoms with Crippen LogP contribution in [0.3, 0.4) is 0 Å². The van der Waals surface area contributed by atoms with Gasteiger partial charge in [0.05, 0.1) is 13.3 Å². The summed E-state index contributed by atoms with van der Waals surface area (Å²) in [5.74, 6) is 1.74. The predicted molar refractivity (Wildman–Crippen MR) is 85.1 cm³/mol.